The summed E-state index contributed by atoms with van der Waals surface area (Å²) in [6.45, 7) is 5.59. The molecule has 2 nitrogen and oxygen atoms in total. The van der Waals surface area contributed by atoms with Crippen LogP contribution in [0.5, 0.6) is 0 Å². The topological polar surface area (TPSA) is 32.3 Å². The molecule has 0 aromatic carbocycles. The van der Waals surface area contributed by atoms with Gasteiger partial charge in [0, 0.05) is 12.5 Å². The summed E-state index contributed by atoms with van der Waals surface area (Å²) in [5.74, 6) is 0.395. The lowest BCUT2D eigenvalue weighted by Gasteiger charge is -2.25. The van der Waals surface area contributed by atoms with Crippen molar-refractivity contribution in [1.82, 2.24) is 5.32 Å². The van der Waals surface area contributed by atoms with E-state index in [9.17, 15) is 5.11 Å². The van der Waals surface area contributed by atoms with Crippen molar-refractivity contribution >= 4 is 0 Å². The Morgan fingerprint density at radius 3 is 3.00 bits per heavy atom. The van der Waals surface area contributed by atoms with Crippen molar-refractivity contribution in [2.45, 2.75) is 18.9 Å². The summed E-state index contributed by atoms with van der Waals surface area (Å²) < 4.78 is 0. The molecule has 1 aliphatic heterocycles. The fourth-order valence-corrected chi connectivity index (χ4v) is 1.36. The molecule has 0 saturated carbocycles. The standard InChI is InChI=1S/C8H15NO/c1-2-8(10)7-4-3-5-9-6-7/h2,7-10H,1,3-6H2. The highest BCUT2D eigenvalue weighted by Crippen LogP contribution is 2.14. The zero-order valence-corrected chi connectivity index (χ0v) is 6.21. The van der Waals surface area contributed by atoms with E-state index in [0.29, 0.717) is 5.92 Å². The average Bonchev–Trinajstić information content (AvgIpc) is 2.05. The summed E-state index contributed by atoms with van der Waals surface area (Å²) in [4.78, 5) is 0. The van der Waals surface area contributed by atoms with Crippen LogP contribution in [0.2, 0.25) is 0 Å². The summed E-state index contributed by atoms with van der Waals surface area (Å²) >= 11 is 0. The van der Waals surface area contributed by atoms with Crippen LogP contribution in [0.4, 0.5) is 0 Å². The van der Waals surface area contributed by atoms with Crippen LogP contribution >= 0.6 is 0 Å². The van der Waals surface area contributed by atoms with E-state index in [2.05, 4.69) is 11.9 Å². The largest absolute Gasteiger partial charge is 0.389 e. The first-order valence-corrected chi connectivity index (χ1v) is 3.86. The number of rotatable bonds is 2. The molecule has 0 aromatic heterocycles. The lowest BCUT2D eigenvalue weighted by atomic mass is 9.94. The smallest absolute Gasteiger partial charge is 0.0758 e. The molecule has 0 amide bonds. The fourth-order valence-electron chi connectivity index (χ4n) is 1.36. The van der Waals surface area contributed by atoms with Gasteiger partial charge in [-0.3, -0.25) is 0 Å². The van der Waals surface area contributed by atoms with E-state index in [1.54, 1.807) is 6.08 Å². The van der Waals surface area contributed by atoms with Crippen molar-refractivity contribution in [3.8, 4) is 0 Å². The number of piperidine rings is 1. The zero-order chi connectivity index (χ0) is 7.40. The van der Waals surface area contributed by atoms with Crippen LogP contribution in [0.3, 0.4) is 0 Å². The minimum Gasteiger partial charge on any atom is -0.389 e. The van der Waals surface area contributed by atoms with E-state index >= 15 is 0 Å². The predicted molar refractivity (Wildman–Crippen MR) is 41.8 cm³/mol. The quantitative estimate of drug-likeness (QED) is 0.550. The summed E-state index contributed by atoms with van der Waals surface area (Å²) in [5, 5.41) is 12.6. The molecule has 10 heavy (non-hydrogen) atoms. The van der Waals surface area contributed by atoms with E-state index in [1.807, 2.05) is 0 Å². The molecule has 0 aliphatic carbocycles. The van der Waals surface area contributed by atoms with Crippen LogP contribution in [-0.2, 0) is 0 Å². The van der Waals surface area contributed by atoms with Gasteiger partial charge in [0.25, 0.3) is 0 Å². The minimum absolute atomic E-state index is 0.312. The molecule has 0 aromatic rings. The maximum Gasteiger partial charge on any atom is 0.0758 e. The van der Waals surface area contributed by atoms with E-state index < -0.39 is 0 Å². The van der Waals surface area contributed by atoms with Crippen molar-refractivity contribution in [1.29, 1.82) is 0 Å². The normalized spacial score (nSPS) is 29.5. The minimum atomic E-state index is -0.312. The lowest BCUT2D eigenvalue weighted by molar-refractivity contribution is 0.133. The van der Waals surface area contributed by atoms with Crippen molar-refractivity contribution < 1.29 is 5.11 Å². The van der Waals surface area contributed by atoms with E-state index in [-0.39, 0.29) is 6.10 Å². The highest BCUT2D eigenvalue weighted by Gasteiger charge is 2.18. The molecule has 2 unspecified atom stereocenters. The van der Waals surface area contributed by atoms with Gasteiger partial charge in [-0.25, -0.2) is 0 Å². The van der Waals surface area contributed by atoms with Gasteiger partial charge in [-0.2, -0.15) is 0 Å². The van der Waals surface area contributed by atoms with Crippen LogP contribution in [0.1, 0.15) is 12.8 Å². The van der Waals surface area contributed by atoms with Crippen LogP contribution in [0.15, 0.2) is 12.7 Å². The summed E-state index contributed by atoms with van der Waals surface area (Å²) in [6, 6.07) is 0. The third kappa shape index (κ3) is 1.82. The predicted octanol–water partition coefficient (Wildman–Crippen LogP) is 0.533. The van der Waals surface area contributed by atoms with Crippen LogP contribution in [0, 0.1) is 5.92 Å². The van der Waals surface area contributed by atoms with Gasteiger partial charge >= 0.3 is 0 Å². The fraction of sp³-hybridized carbons (Fsp3) is 0.750. The van der Waals surface area contributed by atoms with Gasteiger partial charge in [0.05, 0.1) is 6.10 Å². The average molecular weight is 141 g/mol. The summed E-state index contributed by atoms with van der Waals surface area (Å²) in [6.07, 6.45) is 3.61. The van der Waals surface area contributed by atoms with Gasteiger partial charge in [0.15, 0.2) is 0 Å². The van der Waals surface area contributed by atoms with Crippen molar-refractivity contribution in [2.75, 3.05) is 13.1 Å². The van der Waals surface area contributed by atoms with Crippen molar-refractivity contribution in [3.63, 3.8) is 0 Å². The number of hydrogen-bond acceptors (Lipinski definition) is 2. The Bertz CT molecular complexity index is 108. The SMILES string of the molecule is C=CC(O)C1CCCNC1. The zero-order valence-electron chi connectivity index (χ0n) is 6.21. The van der Waals surface area contributed by atoms with Gasteiger partial charge in [0.2, 0.25) is 0 Å². The Morgan fingerprint density at radius 1 is 1.70 bits per heavy atom. The Kier molecular flexibility index (Phi) is 2.90. The Balaban J connectivity index is 2.30. The summed E-state index contributed by atoms with van der Waals surface area (Å²) in [7, 11) is 0. The molecule has 1 fully saturated rings. The molecule has 1 heterocycles. The molecular weight excluding hydrogens is 126 g/mol. The highest BCUT2D eigenvalue weighted by molar-refractivity contribution is 4.87. The molecular formula is C8H15NO. The number of aliphatic hydroxyl groups excluding tert-OH is 1. The Hall–Kier alpha value is -0.340. The number of hydrogen-bond donors (Lipinski definition) is 2. The van der Waals surface area contributed by atoms with E-state index in [1.165, 1.54) is 6.42 Å². The molecule has 58 valence electrons. The molecule has 0 radical (unpaired) electrons. The summed E-state index contributed by atoms with van der Waals surface area (Å²) in [5.41, 5.74) is 0. The first-order valence-electron chi connectivity index (χ1n) is 3.86. The highest BCUT2D eigenvalue weighted by atomic mass is 16.3. The van der Waals surface area contributed by atoms with Gasteiger partial charge in [-0.1, -0.05) is 6.08 Å². The van der Waals surface area contributed by atoms with Crippen LogP contribution in [0.25, 0.3) is 0 Å². The number of aliphatic hydroxyl groups is 1. The van der Waals surface area contributed by atoms with Crippen molar-refractivity contribution in [2.24, 2.45) is 5.92 Å². The Labute approximate surface area is 61.9 Å². The molecule has 2 atom stereocenters. The molecule has 2 heteroatoms. The third-order valence-corrected chi connectivity index (χ3v) is 2.06. The lowest BCUT2D eigenvalue weighted by Crippen LogP contribution is -2.35. The van der Waals surface area contributed by atoms with E-state index in [4.69, 9.17) is 0 Å². The maximum atomic E-state index is 9.32. The van der Waals surface area contributed by atoms with Gasteiger partial charge in [-0.05, 0) is 19.4 Å². The molecule has 0 spiro atoms. The molecule has 1 aliphatic rings. The monoisotopic (exact) mass is 141 g/mol. The second-order valence-electron chi connectivity index (χ2n) is 2.83. The van der Waals surface area contributed by atoms with Crippen LogP contribution in [-0.4, -0.2) is 24.3 Å². The second-order valence-corrected chi connectivity index (χ2v) is 2.83. The van der Waals surface area contributed by atoms with Crippen molar-refractivity contribution in [3.05, 3.63) is 12.7 Å². The Morgan fingerprint density at radius 2 is 2.50 bits per heavy atom. The molecule has 2 N–H and O–H groups in total. The molecule has 1 rings (SSSR count). The van der Waals surface area contributed by atoms with Gasteiger partial charge in [0.1, 0.15) is 0 Å². The second kappa shape index (κ2) is 3.74. The first-order chi connectivity index (χ1) is 4.84. The number of nitrogens with one attached hydrogen (secondary N) is 1. The first kappa shape index (κ1) is 7.76. The van der Waals surface area contributed by atoms with Gasteiger partial charge in [-0.15, -0.1) is 6.58 Å². The molecule has 1 saturated heterocycles. The third-order valence-electron chi connectivity index (χ3n) is 2.06. The van der Waals surface area contributed by atoms with E-state index in [0.717, 1.165) is 19.5 Å². The van der Waals surface area contributed by atoms with Gasteiger partial charge < -0.3 is 10.4 Å². The van der Waals surface area contributed by atoms with Crippen LogP contribution < -0.4 is 5.32 Å². The maximum absolute atomic E-state index is 9.32. The molecule has 0 bridgehead atoms.